The molecule has 2 aliphatic heterocycles. The van der Waals surface area contributed by atoms with Crippen molar-refractivity contribution >= 4 is 23.6 Å². The van der Waals surface area contributed by atoms with Gasteiger partial charge in [0.1, 0.15) is 14.2 Å². The van der Waals surface area contributed by atoms with E-state index in [1.807, 2.05) is 0 Å². The van der Waals surface area contributed by atoms with Gasteiger partial charge >= 0.3 is 0 Å². The minimum atomic E-state index is -0.992. The van der Waals surface area contributed by atoms with Crippen LogP contribution < -0.4 is 0 Å². The summed E-state index contributed by atoms with van der Waals surface area (Å²) >= 11 is 0. The van der Waals surface area contributed by atoms with Crippen LogP contribution in [0.25, 0.3) is 0 Å². The zero-order valence-corrected chi connectivity index (χ0v) is 20.8. The van der Waals surface area contributed by atoms with Gasteiger partial charge in [-0.05, 0) is 12.8 Å². The van der Waals surface area contributed by atoms with Gasteiger partial charge in [0.15, 0.2) is 0 Å². The van der Waals surface area contributed by atoms with E-state index >= 15 is 0 Å². The van der Waals surface area contributed by atoms with E-state index in [1.54, 1.807) is 0 Å². The SMILES string of the molecule is [CH]OCC(CO[CH])(COCCC(O)CN1C(=O)CC(=C)C1=O)COCCC(O)CN1C(=O)CC(=C)C1=O. The molecule has 2 N–H and O–H groups in total. The molecule has 0 aliphatic carbocycles. The highest BCUT2D eigenvalue weighted by atomic mass is 16.5. The van der Waals surface area contributed by atoms with Crippen LogP contribution in [0.5, 0.6) is 0 Å². The first kappa shape index (κ1) is 30.7. The highest BCUT2D eigenvalue weighted by Crippen LogP contribution is 2.22. The predicted octanol–water partition coefficient (Wildman–Crippen LogP) is -0.491. The van der Waals surface area contributed by atoms with Gasteiger partial charge in [0.2, 0.25) is 11.8 Å². The Morgan fingerprint density at radius 3 is 1.43 bits per heavy atom. The minimum Gasteiger partial charge on any atom is -0.391 e. The maximum absolute atomic E-state index is 11.9. The summed E-state index contributed by atoms with van der Waals surface area (Å²) in [5.41, 5.74) is -0.534. The van der Waals surface area contributed by atoms with Gasteiger partial charge in [-0.25, -0.2) is 0 Å². The summed E-state index contributed by atoms with van der Waals surface area (Å²) in [7, 11) is 10.5. The average molecular weight is 523 g/mol. The van der Waals surface area contributed by atoms with Gasteiger partial charge in [0.05, 0.1) is 70.0 Å². The molecule has 0 spiro atoms. The molecule has 2 heterocycles. The largest absolute Gasteiger partial charge is 0.391 e. The van der Waals surface area contributed by atoms with E-state index < -0.39 is 41.3 Å². The number of aliphatic hydroxyl groups excluding tert-OH is 2. The lowest BCUT2D eigenvalue weighted by Gasteiger charge is -2.32. The quantitative estimate of drug-likeness (QED) is 0.137. The van der Waals surface area contributed by atoms with E-state index in [-0.39, 0.29) is 89.6 Å². The fourth-order valence-corrected chi connectivity index (χ4v) is 3.91. The molecule has 0 aromatic carbocycles. The smallest absolute Gasteiger partial charge is 0.256 e. The van der Waals surface area contributed by atoms with Crippen molar-refractivity contribution in [2.75, 3.05) is 52.7 Å². The molecule has 0 bridgehead atoms. The van der Waals surface area contributed by atoms with Crippen LogP contribution in [-0.4, -0.2) is 109 Å². The lowest BCUT2D eigenvalue weighted by atomic mass is 9.92. The highest BCUT2D eigenvalue weighted by molar-refractivity contribution is 6.13. The second kappa shape index (κ2) is 14.5. The number of β-amino-alcohol motifs (C(OH)–C–C–N with tert-alkyl or cyclic N) is 2. The molecule has 2 fully saturated rings. The van der Waals surface area contributed by atoms with E-state index in [2.05, 4.69) is 13.2 Å². The summed E-state index contributed by atoms with van der Waals surface area (Å²) in [5, 5.41) is 20.4. The van der Waals surface area contributed by atoms with E-state index in [0.29, 0.717) is 0 Å². The van der Waals surface area contributed by atoms with E-state index in [0.717, 1.165) is 9.80 Å². The van der Waals surface area contributed by atoms with Crippen LogP contribution in [-0.2, 0) is 38.1 Å². The number of amides is 4. The summed E-state index contributed by atoms with van der Waals surface area (Å²) < 4.78 is 20.9. The van der Waals surface area contributed by atoms with Gasteiger partial charge in [-0.15, -0.1) is 0 Å². The van der Waals surface area contributed by atoms with Crippen LogP contribution >= 0.6 is 0 Å². The Morgan fingerprint density at radius 2 is 1.14 bits per heavy atom. The molecule has 0 aromatic rings. The van der Waals surface area contributed by atoms with Crippen molar-refractivity contribution in [1.82, 2.24) is 9.80 Å². The van der Waals surface area contributed by atoms with Crippen molar-refractivity contribution in [2.24, 2.45) is 5.41 Å². The summed E-state index contributed by atoms with van der Waals surface area (Å²) in [5.74, 6) is -1.79. The van der Waals surface area contributed by atoms with Crippen molar-refractivity contribution in [3.63, 3.8) is 0 Å². The number of carbonyl (C=O) groups is 4. The Kier molecular flexibility index (Phi) is 12.0. The summed E-state index contributed by atoms with van der Waals surface area (Å²) in [6, 6.07) is 0. The molecule has 0 aromatic heterocycles. The van der Waals surface area contributed by atoms with Crippen LogP contribution in [0, 0.1) is 19.6 Å². The zero-order chi connectivity index (χ0) is 27.6. The number of likely N-dealkylation sites (tertiary alicyclic amines) is 2. The Morgan fingerprint density at radius 1 is 0.757 bits per heavy atom. The molecule has 4 amide bonds. The number of ether oxygens (including phenoxy) is 4. The number of carbonyl (C=O) groups excluding carboxylic acids is 4. The van der Waals surface area contributed by atoms with Crippen molar-refractivity contribution in [2.45, 2.75) is 37.9 Å². The molecule has 0 saturated carbocycles. The minimum absolute atomic E-state index is 0.0218. The molecule has 2 atom stereocenters. The Balaban J connectivity index is 1.76. The van der Waals surface area contributed by atoms with Crippen LogP contribution in [0.3, 0.4) is 0 Å². The number of aliphatic hydroxyl groups is 2. The number of nitrogens with zero attached hydrogens (tertiary/aromatic N) is 2. The molecule has 2 unspecified atom stereocenters. The molecule has 2 aliphatic rings. The van der Waals surface area contributed by atoms with Gasteiger partial charge in [-0.3, -0.25) is 29.0 Å². The summed E-state index contributed by atoms with van der Waals surface area (Å²) in [6.07, 6.45) is -1.81. The number of rotatable bonds is 18. The van der Waals surface area contributed by atoms with Crippen LogP contribution in [0.4, 0.5) is 0 Å². The Bertz CT molecular complexity index is 804. The third-order valence-electron chi connectivity index (χ3n) is 6.00. The average Bonchev–Trinajstić information content (AvgIpc) is 3.22. The Hall–Kier alpha value is -2.48. The highest BCUT2D eigenvalue weighted by Gasteiger charge is 2.35. The van der Waals surface area contributed by atoms with Gasteiger partial charge in [0.25, 0.3) is 11.8 Å². The first-order valence-electron chi connectivity index (χ1n) is 11.7. The summed E-state index contributed by atoms with van der Waals surface area (Å²) in [6.45, 7) is 6.86. The fraction of sp³-hybridized carbons (Fsp3) is 0.600. The molecular weight excluding hydrogens is 488 g/mol. The van der Waals surface area contributed by atoms with Crippen molar-refractivity contribution in [3.05, 3.63) is 38.5 Å². The second-order valence-electron chi connectivity index (χ2n) is 9.29. The van der Waals surface area contributed by atoms with Crippen molar-refractivity contribution in [3.8, 4) is 0 Å². The lowest BCUT2D eigenvalue weighted by Crippen LogP contribution is -2.42. The van der Waals surface area contributed by atoms with E-state index in [9.17, 15) is 29.4 Å². The van der Waals surface area contributed by atoms with Crippen LogP contribution in [0.15, 0.2) is 24.3 Å². The number of hydrogen-bond acceptors (Lipinski definition) is 10. The maximum atomic E-state index is 11.9. The van der Waals surface area contributed by atoms with E-state index in [4.69, 9.17) is 33.2 Å². The molecular formula is C25H34N2O10. The zero-order valence-electron chi connectivity index (χ0n) is 20.8. The molecule has 2 rings (SSSR count). The van der Waals surface area contributed by atoms with Crippen molar-refractivity contribution in [1.29, 1.82) is 0 Å². The first-order chi connectivity index (χ1) is 17.5. The van der Waals surface area contributed by atoms with E-state index in [1.165, 1.54) is 0 Å². The maximum Gasteiger partial charge on any atom is 0.256 e. The number of imide groups is 2. The lowest BCUT2D eigenvalue weighted by molar-refractivity contribution is -0.140. The van der Waals surface area contributed by atoms with Crippen LogP contribution in [0.1, 0.15) is 25.7 Å². The molecule has 12 heteroatoms. The first-order valence-corrected chi connectivity index (χ1v) is 11.7. The second-order valence-corrected chi connectivity index (χ2v) is 9.29. The third kappa shape index (κ3) is 8.80. The van der Waals surface area contributed by atoms with Gasteiger partial charge in [-0.2, -0.15) is 0 Å². The predicted molar refractivity (Wildman–Crippen MR) is 127 cm³/mol. The number of hydrogen-bond donors (Lipinski definition) is 2. The van der Waals surface area contributed by atoms with Gasteiger partial charge in [-0.1, -0.05) is 13.2 Å². The van der Waals surface area contributed by atoms with Crippen LogP contribution in [0.2, 0.25) is 0 Å². The topological polar surface area (TPSA) is 152 Å². The fourth-order valence-electron chi connectivity index (χ4n) is 3.91. The van der Waals surface area contributed by atoms with Gasteiger partial charge < -0.3 is 29.2 Å². The normalized spacial score (nSPS) is 18.5. The molecule has 204 valence electrons. The molecule has 4 radical (unpaired) electrons. The molecule has 12 nitrogen and oxygen atoms in total. The molecule has 37 heavy (non-hydrogen) atoms. The summed E-state index contributed by atoms with van der Waals surface area (Å²) in [4.78, 5) is 49.4. The molecule has 2 saturated heterocycles. The third-order valence-corrected chi connectivity index (χ3v) is 6.00. The monoisotopic (exact) mass is 522 g/mol. The Labute approximate surface area is 216 Å². The standard InChI is InChI=1S/C25H34N2O10/c1-17-9-21(30)26(23(17)32)11-19(28)5-7-36-15-25(13-34-3,14-35-4)16-37-8-6-20(29)12-27-22(31)10-18(2)24(27)33/h3-4,19-20,28-29H,1-2,5-16H2. The van der Waals surface area contributed by atoms with Gasteiger partial charge in [0, 0.05) is 24.4 Å². The van der Waals surface area contributed by atoms with Crippen molar-refractivity contribution < 1.29 is 48.3 Å².